The van der Waals surface area contributed by atoms with Crippen molar-refractivity contribution < 1.29 is 4.39 Å². The van der Waals surface area contributed by atoms with Crippen LogP contribution < -0.4 is 5.32 Å². The van der Waals surface area contributed by atoms with Gasteiger partial charge in [0, 0.05) is 31.4 Å². The number of hydrogen-bond acceptors (Lipinski definition) is 3. The van der Waals surface area contributed by atoms with Crippen LogP contribution in [0.5, 0.6) is 0 Å². The minimum absolute atomic E-state index is 0. The molecule has 0 bridgehead atoms. The molecule has 0 unspecified atom stereocenters. The van der Waals surface area contributed by atoms with Crippen molar-refractivity contribution in [2.75, 3.05) is 5.32 Å². The normalized spacial score (nSPS) is 10.8. The minimum Gasteiger partial charge on any atom is -0.378 e. The first-order chi connectivity index (χ1) is 8.90. The molecule has 0 aliphatic rings. The van der Waals surface area contributed by atoms with E-state index in [-0.39, 0.29) is 18.4 Å². The maximum atomic E-state index is 13.8. The Labute approximate surface area is 124 Å². The zero-order valence-electron chi connectivity index (χ0n) is 12.4. The van der Waals surface area contributed by atoms with Crippen LogP contribution in [0.15, 0.2) is 6.20 Å². The molecular weight excluding hydrogens is 281 g/mol. The first-order valence-corrected chi connectivity index (χ1v) is 6.37. The Morgan fingerprint density at radius 3 is 2.35 bits per heavy atom. The van der Waals surface area contributed by atoms with Crippen LogP contribution in [-0.2, 0) is 13.6 Å². The van der Waals surface area contributed by atoms with Crippen molar-refractivity contribution in [2.45, 2.75) is 40.3 Å². The summed E-state index contributed by atoms with van der Waals surface area (Å²) in [7, 11) is 1.61. The molecule has 0 spiro atoms. The number of anilines is 1. The van der Waals surface area contributed by atoms with Crippen LogP contribution in [0.4, 0.5) is 10.1 Å². The average Bonchev–Trinajstić information content (AvgIpc) is 2.80. The number of nitrogens with one attached hydrogen (secondary N) is 1. The minimum atomic E-state index is -0.293. The summed E-state index contributed by atoms with van der Waals surface area (Å²) < 4.78 is 17.0. The fourth-order valence-corrected chi connectivity index (χ4v) is 1.98. The van der Waals surface area contributed by atoms with Crippen LogP contribution in [0, 0.1) is 19.8 Å². The molecule has 0 aliphatic heterocycles. The van der Waals surface area contributed by atoms with Crippen LogP contribution in [0.1, 0.15) is 36.8 Å². The van der Waals surface area contributed by atoms with E-state index in [1.165, 1.54) is 4.68 Å². The van der Waals surface area contributed by atoms with Gasteiger partial charge in [-0.15, -0.1) is 12.4 Å². The third-order valence-electron chi connectivity index (χ3n) is 3.17. The maximum Gasteiger partial charge on any atom is 0.216 e. The monoisotopic (exact) mass is 301 g/mol. The molecule has 7 heteroatoms. The standard InChI is InChI=1S/C13H20FN5.ClH/c1-8(2)19-7-12(10(4)17-19)15-6-11-9(3)16-18(5)13(11)14;/h7-8,15H,6H2,1-5H3;1H. The van der Waals surface area contributed by atoms with Crippen molar-refractivity contribution in [3.05, 3.63) is 29.1 Å². The molecule has 0 amide bonds. The Hall–Kier alpha value is -1.56. The van der Waals surface area contributed by atoms with Gasteiger partial charge in [-0.25, -0.2) is 4.68 Å². The fourth-order valence-electron chi connectivity index (χ4n) is 1.98. The second kappa shape index (κ2) is 6.26. The highest BCUT2D eigenvalue weighted by Crippen LogP contribution is 2.18. The quantitative estimate of drug-likeness (QED) is 0.944. The Morgan fingerprint density at radius 2 is 1.90 bits per heavy atom. The summed E-state index contributed by atoms with van der Waals surface area (Å²) in [6, 6.07) is 0.311. The van der Waals surface area contributed by atoms with Gasteiger partial charge in [-0.1, -0.05) is 0 Å². The molecule has 20 heavy (non-hydrogen) atoms. The molecule has 2 rings (SSSR count). The summed E-state index contributed by atoms with van der Waals surface area (Å²) >= 11 is 0. The van der Waals surface area contributed by atoms with Gasteiger partial charge in [0.2, 0.25) is 5.95 Å². The van der Waals surface area contributed by atoms with Gasteiger partial charge in [-0.2, -0.15) is 14.6 Å². The van der Waals surface area contributed by atoms with E-state index in [9.17, 15) is 4.39 Å². The summed E-state index contributed by atoms with van der Waals surface area (Å²) in [5, 5.41) is 11.7. The molecule has 0 fully saturated rings. The van der Waals surface area contributed by atoms with Crippen molar-refractivity contribution in [1.82, 2.24) is 19.6 Å². The predicted octanol–water partition coefficient (Wildman–Crippen LogP) is 2.99. The van der Waals surface area contributed by atoms with E-state index in [4.69, 9.17) is 0 Å². The molecule has 0 saturated carbocycles. The molecule has 2 aromatic rings. The molecule has 0 saturated heterocycles. The molecule has 0 aliphatic carbocycles. The third-order valence-corrected chi connectivity index (χ3v) is 3.17. The number of aromatic nitrogens is 4. The summed E-state index contributed by atoms with van der Waals surface area (Å²) in [4.78, 5) is 0. The van der Waals surface area contributed by atoms with Gasteiger partial charge < -0.3 is 5.32 Å². The number of nitrogens with zero attached hydrogens (tertiary/aromatic N) is 4. The molecule has 1 N–H and O–H groups in total. The first-order valence-electron chi connectivity index (χ1n) is 6.37. The fraction of sp³-hybridized carbons (Fsp3) is 0.538. The van der Waals surface area contributed by atoms with Gasteiger partial charge in [0.25, 0.3) is 0 Å². The van der Waals surface area contributed by atoms with Crippen molar-refractivity contribution in [3.8, 4) is 0 Å². The molecule has 5 nitrogen and oxygen atoms in total. The number of hydrogen-bond donors (Lipinski definition) is 1. The van der Waals surface area contributed by atoms with Crippen molar-refractivity contribution in [1.29, 1.82) is 0 Å². The Balaban J connectivity index is 0.00000200. The number of aryl methyl sites for hydroxylation is 3. The SMILES string of the molecule is Cc1nn(C(C)C)cc1NCc1c(C)nn(C)c1F.Cl. The first kappa shape index (κ1) is 16.5. The number of halogens is 2. The largest absolute Gasteiger partial charge is 0.378 e. The summed E-state index contributed by atoms with van der Waals surface area (Å²) in [6.45, 7) is 8.30. The second-order valence-electron chi connectivity index (χ2n) is 5.03. The van der Waals surface area contributed by atoms with Gasteiger partial charge in [0.05, 0.1) is 17.1 Å². The van der Waals surface area contributed by atoms with Crippen molar-refractivity contribution in [3.63, 3.8) is 0 Å². The highest BCUT2D eigenvalue weighted by atomic mass is 35.5. The van der Waals surface area contributed by atoms with E-state index >= 15 is 0 Å². The van der Waals surface area contributed by atoms with Gasteiger partial charge in [0.15, 0.2) is 0 Å². The number of rotatable bonds is 4. The van der Waals surface area contributed by atoms with Crippen LogP contribution in [0.2, 0.25) is 0 Å². The molecular formula is C13H21ClFN5. The van der Waals surface area contributed by atoms with Gasteiger partial charge in [-0.3, -0.25) is 4.68 Å². The van der Waals surface area contributed by atoms with E-state index < -0.39 is 0 Å². The van der Waals surface area contributed by atoms with E-state index in [2.05, 4.69) is 29.4 Å². The molecule has 0 atom stereocenters. The lowest BCUT2D eigenvalue weighted by Crippen LogP contribution is -2.03. The summed E-state index contributed by atoms with van der Waals surface area (Å²) in [5.41, 5.74) is 3.15. The van der Waals surface area contributed by atoms with E-state index in [0.29, 0.717) is 23.8 Å². The molecule has 112 valence electrons. The predicted molar refractivity (Wildman–Crippen MR) is 79.8 cm³/mol. The molecule has 2 aromatic heterocycles. The lowest BCUT2D eigenvalue weighted by atomic mass is 10.2. The Bertz CT molecular complexity index is 588. The molecule has 2 heterocycles. The van der Waals surface area contributed by atoms with Gasteiger partial charge in [-0.05, 0) is 27.7 Å². The topological polar surface area (TPSA) is 47.7 Å². The molecule has 0 radical (unpaired) electrons. The Kier molecular flexibility index (Phi) is 5.16. The van der Waals surface area contributed by atoms with Crippen molar-refractivity contribution in [2.24, 2.45) is 7.05 Å². The average molecular weight is 302 g/mol. The highest BCUT2D eigenvalue weighted by Gasteiger charge is 2.13. The Morgan fingerprint density at radius 1 is 1.25 bits per heavy atom. The summed E-state index contributed by atoms with van der Waals surface area (Å²) in [5.74, 6) is -0.293. The van der Waals surface area contributed by atoms with Crippen LogP contribution in [0.3, 0.4) is 0 Å². The highest BCUT2D eigenvalue weighted by molar-refractivity contribution is 5.85. The van der Waals surface area contributed by atoms with Crippen LogP contribution in [-0.4, -0.2) is 19.6 Å². The lowest BCUT2D eigenvalue weighted by Gasteiger charge is -2.04. The van der Waals surface area contributed by atoms with Gasteiger partial charge >= 0.3 is 0 Å². The second-order valence-corrected chi connectivity index (χ2v) is 5.03. The lowest BCUT2D eigenvalue weighted by molar-refractivity contribution is 0.496. The van der Waals surface area contributed by atoms with Gasteiger partial charge in [0.1, 0.15) is 0 Å². The third kappa shape index (κ3) is 3.12. The van der Waals surface area contributed by atoms with Crippen LogP contribution >= 0.6 is 12.4 Å². The smallest absolute Gasteiger partial charge is 0.216 e. The summed E-state index contributed by atoms with van der Waals surface area (Å²) in [6.07, 6.45) is 1.95. The van der Waals surface area contributed by atoms with E-state index in [0.717, 1.165) is 11.4 Å². The zero-order valence-corrected chi connectivity index (χ0v) is 13.3. The molecule has 0 aromatic carbocycles. The van der Waals surface area contributed by atoms with Crippen molar-refractivity contribution >= 4 is 18.1 Å². The van der Waals surface area contributed by atoms with E-state index in [1.807, 2.05) is 24.7 Å². The van der Waals surface area contributed by atoms with E-state index in [1.54, 1.807) is 7.05 Å². The zero-order chi connectivity index (χ0) is 14.2. The van der Waals surface area contributed by atoms with Crippen LogP contribution in [0.25, 0.3) is 0 Å². The maximum absolute atomic E-state index is 13.8.